The number of benzene rings is 2. The molecule has 0 saturated carbocycles. The summed E-state index contributed by atoms with van der Waals surface area (Å²) in [6.07, 6.45) is 5.50. The summed E-state index contributed by atoms with van der Waals surface area (Å²) in [6, 6.07) is 19.3. The number of ether oxygens (including phenoxy) is 1. The highest BCUT2D eigenvalue weighted by Gasteiger charge is 2.19. The highest BCUT2D eigenvalue weighted by atomic mass is 16.5. The molecule has 1 N–H and O–H groups in total. The van der Waals surface area contributed by atoms with Crippen LogP contribution in [-0.4, -0.2) is 23.4 Å². The van der Waals surface area contributed by atoms with Gasteiger partial charge in [-0.1, -0.05) is 82.0 Å². The van der Waals surface area contributed by atoms with Crippen LogP contribution in [0.2, 0.25) is 6.32 Å². The Bertz CT molecular complexity index is 912. The summed E-state index contributed by atoms with van der Waals surface area (Å²) in [4.78, 5) is 8.09. The highest BCUT2D eigenvalue weighted by molar-refractivity contribution is 6.51. The van der Waals surface area contributed by atoms with Gasteiger partial charge in [-0.05, 0) is 31.9 Å². The number of hydrogen-bond donors (Lipinski definition) is 1. The third kappa shape index (κ3) is 6.01. The van der Waals surface area contributed by atoms with Gasteiger partial charge in [0, 0.05) is 28.8 Å². The molecule has 3 nitrogen and oxygen atoms in total. The summed E-state index contributed by atoms with van der Waals surface area (Å²) in [6.45, 7) is 10.8. The minimum absolute atomic E-state index is 0.115. The minimum Gasteiger partial charge on any atom is -0.491 e. The number of para-hydroxylation sites is 1. The molecule has 0 fully saturated rings. The second-order valence-electron chi connectivity index (χ2n) is 9.41. The quantitative estimate of drug-likeness (QED) is 0.374. The lowest BCUT2D eigenvalue weighted by molar-refractivity contribution is 0.239. The zero-order valence-electron chi connectivity index (χ0n) is 19.1. The van der Waals surface area contributed by atoms with Gasteiger partial charge >= 0.3 is 0 Å². The maximum Gasteiger partial charge on any atom is 0.204 e. The predicted molar refractivity (Wildman–Crippen MR) is 129 cm³/mol. The van der Waals surface area contributed by atoms with E-state index in [9.17, 15) is 0 Å². The van der Waals surface area contributed by atoms with Crippen molar-refractivity contribution in [2.75, 3.05) is 0 Å². The first-order chi connectivity index (χ1) is 14.3. The second kappa shape index (κ2) is 10.0. The van der Waals surface area contributed by atoms with Crippen molar-refractivity contribution in [3.05, 3.63) is 77.6 Å². The molecule has 1 atom stereocenters. The van der Waals surface area contributed by atoms with Crippen LogP contribution in [-0.2, 0) is 5.41 Å². The maximum atomic E-state index is 6.14. The summed E-state index contributed by atoms with van der Waals surface area (Å²) in [5.41, 5.74) is 5.05. The lowest BCUT2D eigenvalue weighted by Gasteiger charge is -2.22. The van der Waals surface area contributed by atoms with Crippen molar-refractivity contribution in [1.82, 2.24) is 9.97 Å². The van der Waals surface area contributed by atoms with E-state index < -0.39 is 0 Å². The number of nitrogens with one attached hydrogen (secondary N) is 1. The van der Waals surface area contributed by atoms with Gasteiger partial charge in [0.25, 0.3) is 0 Å². The Kier molecular flexibility index (Phi) is 7.41. The first kappa shape index (κ1) is 22.2. The number of aromatic amines is 1. The van der Waals surface area contributed by atoms with E-state index >= 15 is 0 Å². The summed E-state index contributed by atoms with van der Waals surface area (Å²) in [7, 11) is 0.988. The molecule has 0 saturated heterocycles. The Balaban J connectivity index is 1.70. The van der Waals surface area contributed by atoms with Crippen LogP contribution in [0.25, 0.3) is 0 Å². The average Bonchev–Trinajstić information content (AvgIpc) is 3.19. The van der Waals surface area contributed by atoms with Crippen molar-refractivity contribution in [3.8, 4) is 5.75 Å². The van der Waals surface area contributed by atoms with E-state index in [1.165, 1.54) is 16.8 Å². The summed E-state index contributed by atoms with van der Waals surface area (Å²) < 4.78 is 6.14. The van der Waals surface area contributed by atoms with Crippen LogP contribution in [0.15, 0.2) is 60.8 Å². The van der Waals surface area contributed by atoms with Crippen LogP contribution in [0.3, 0.4) is 0 Å². The maximum absolute atomic E-state index is 6.14. The van der Waals surface area contributed by atoms with Crippen molar-refractivity contribution >= 4 is 13.0 Å². The molecule has 3 rings (SSSR count). The van der Waals surface area contributed by atoms with Crippen molar-refractivity contribution < 1.29 is 4.74 Å². The van der Waals surface area contributed by atoms with E-state index in [4.69, 9.17) is 4.74 Å². The Hall–Kier alpha value is -2.49. The Labute approximate surface area is 182 Å². The van der Waals surface area contributed by atoms with Gasteiger partial charge in [-0.15, -0.1) is 0 Å². The molecule has 30 heavy (non-hydrogen) atoms. The van der Waals surface area contributed by atoms with Gasteiger partial charge in [0.15, 0.2) is 0 Å². The number of nitrogens with zero attached hydrogens (tertiary/aromatic N) is 1. The number of imidazole rings is 1. The molecule has 0 aliphatic carbocycles. The zero-order valence-corrected chi connectivity index (χ0v) is 19.1. The van der Waals surface area contributed by atoms with Gasteiger partial charge in [-0.3, -0.25) is 4.98 Å². The summed E-state index contributed by atoms with van der Waals surface area (Å²) >= 11 is 0. The second-order valence-corrected chi connectivity index (χ2v) is 9.41. The summed E-state index contributed by atoms with van der Waals surface area (Å²) in [5, 5.41) is 0. The molecule has 0 aliphatic heterocycles. The normalized spacial score (nSPS) is 12.7. The zero-order chi connectivity index (χ0) is 21.6. The van der Waals surface area contributed by atoms with E-state index in [0.717, 1.165) is 37.9 Å². The standard InChI is InChI=1S/C26H35BN2O/c1-19(2)30-23-16-10-9-14-22(23)21(20-12-7-6-8-13-20)15-11-17-27-25-28-18-24(29-25)26(3,4)5/h6-10,12-14,16,18-19,21,27H,11,15,17H2,1-5H3,(H,28,29). The highest BCUT2D eigenvalue weighted by Crippen LogP contribution is 2.36. The predicted octanol–water partition coefficient (Wildman–Crippen LogP) is 5.59. The fourth-order valence-corrected chi connectivity index (χ4v) is 3.83. The molecular weight excluding hydrogens is 367 g/mol. The van der Waals surface area contributed by atoms with Crippen LogP contribution in [0.5, 0.6) is 5.75 Å². The monoisotopic (exact) mass is 402 g/mol. The molecule has 1 heterocycles. The lowest BCUT2D eigenvalue weighted by Crippen LogP contribution is -2.20. The lowest BCUT2D eigenvalue weighted by atomic mass is 9.71. The van der Waals surface area contributed by atoms with Crippen LogP contribution in [0, 0.1) is 0 Å². The first-order valence-electron chi connectivity index (χ1n) is 11.2. The van der Waals surface area contributed by atoms with E-state index in [1.807, 2.05) is 6.20 Å². The molecule has 3 aromatic rings. The molecule has 2 aromatic carbocycles. The first-order valence-corrected chi connectivity index (χ1v) is 11.2. The van der Waals surface area contributed by atoms with Gasteiger partial charge in [0.1, 0.15) is 5.75 Å². The molecule has 0 spiro atoms. The Morgan fingerprint density at radius 3 is 2.37 bits per heavy atom. The molecule has 0 amide bonds. The average molecular weight is 402 g/mol. The Morgan fingerprint density at radius 2 is 1.70 bits per heavy atom. The van der Waals surface area contributed by atoms with E-state index in [0.29, 0.717) is 5.92 Å². The van der Waals surface area contributed by atoms with Gasteiger partial charge < -0.3 is 9.72 Å². The van der Waals surface area contributed by atoms with E-state index in [-0.39, 0.29) is 11.5 Å². The van der Waals surface area contributed by atoms with Crippen LogP contribution < -0.4 is 10.5 Å². The molecule has 0 aliphatic rings. The number of hydrogen-bond acceptors (Lipinski definition) is 2. The summed E-state index contributed by atoms with van der Waals surface area (Å²) in [5.74, 6) is 1.34. The SMILES string of the molecule is CC(C)Oc1ccccc1C(CCCBc1ncc(C(C)(C)C)[nH]1)c1ccccc1. The third-order valence-electron chi connectivity index (χ3n) is 5.45. The van der Waals surface area contributed by atoms with Gasteiger partial charge in [-0.25, -0.2) is 0 Å². The molecule has 0 radical (unpaired) electrons. The van der Waals surface area contributed by atoms with Crippen LogP contribution >= 0.6 is 0 Å². The molecule has 4 heteroatoms. The van der Waals surface area contributed by atoms with Crippen molar-refractivity contribution in [3.63, 3.8) is 0 Å². The van der Waals surface area contributed by atoms with Crippen LogP contribution in [0.4, 0.5) is 0 Å². The fraction of sp³-hybridized carbons (Fsp3) is 0.423. The molecule has 158 valence electrons. The molecule has 1 aromatic heterocycles. The smallest absolute Gasteiger partial charge is 0.204 e. The number of rotatable bonds is 9. The van der Waals surface area contributed by atoms with Crippen molar-refractivity contribution in [2.24, 2.45) is 0 Å². The fourth-order valence-electron chi connectivity index (χ4n) is 3.83. The van der Waals surface area contributed by atoms with E-state index in [1.54, 1.807) is 0 Å². The van der Waals surface area contributed by atoms with Gasteiger partial charge in [0.2, 0.25) is 7.28 Å². The van der Waals surface area contributed by atoms with Crippen LogP contribution in [0.1, 0.15) is 70.2 Å². The topological polar surface area (TPSA) is 37.9 Å². The third-order valence-corrected chi connectivity index (χ3v) is 5.45. The van der Waals surface area contributed by atoms with Gasteiger partial charge in [0.05, 0.1) is 11.8 Å². The molecular formula is C26H35BN2O. The Morgan fingerprint density at radius 1 is 1.00 bits per heavy atom. The van der Waals surface area contributed by atoms with Crippen molar-refractivity contribution in [2.45, 2.75) is 71.2 Å². The van der Waals surface area contributed by atoms with Gasteiger partial charge in [-0.2, -0.15) is 0 Å². The minimum atomic E-state index is 0.115. The van der Waals surface area contributed by atoms with Crippen molar-refractivity contribution in [1.29, 1.82) is 0 Å². The number of aromatic nitrogens is 2. The number of H-pyrrole nitrogens is 1. The van der Waals surface area contributed by atoms with E-state index in [2.05, 4.69) is 99.2 Å². The molecule has 0 bridgehead atoms. The molecule has 1 unspecified atom stereocenters. The largest absolute Gasteiger partial charge is 0.491 e.